The van der Waals surface area contributed by atoms with Crippen molar-refractivity contribution in [1.82, 2.24) is 39.5 Å². The minimum absolute atomic E-state index is 0. The quantitative estimate of drug-likeness (QED) is 0.102. The number of hydrogen-bond donors (Lipinski definition) is 0. The van der Waals surface area contributed by atoms with E-state index in [0.29, 0.717) is 21.4 Å². The van der Waals surface area contributed by atoms with Crippen LogP contribution in [0.4, 0.5) is 0 Å². The summed E-state index contributed by atoms with van der Waals surface area (Å²) < 4.78 is 0. The summed E-state index contributed by atoms with van der Waals surface area (Å²) in [5.41, 5.74) is 7.69. The van der Waals surface area contributed by atoms with Crippen LogP contribution in [-0.4, -0.2) is 171 Å². The third kappa shape index (κ3) is 38.8. The van der Waals surface area contributed by atoms with E-state index in [0.717, 1.165) is 111 Å². The summed E-state index contributed by atoms with van der Waals surface area (Å²) in [7, 11) is -6.37. The van der Waals surface area contributed by atoms with E-state index in [-0.39, 0.29) is 174 Å². The first-order valence-electron chi connectivity index (χ1n) is 45.6. The zero-order valence-electron chi connectivity index (χ0n) is 83.6. The number of fused-ring (bicyclic) bond motifs is 4. The van der Waals surface area contributed by atoms with Crippen LogP contribution in [0.15, 0.2) is 176 Å². The number of rotatable bonds is 12. The molecule has 0 bridgehead atoms. The smallest absolute Gasteiger partial charge is 0.0327 e. The van der Waals surface area contributed by atoms with Crippen molar-refractivity contribution in [2.24, 2.45) is 47.3 Å². The Balaban J connectivity index is 0.000000746. The molecule has 8 heterocycles. The van der Waals surface area contributed by atoms with E-state index in [9.17, 15) is 0 Å². The van der Waals surface area contributed by atoms with Gasteiger partial charge in [0.2, 0.25) is 0 Å². The Morgan fingerprint density at radius 3 is 0.724 bits per heavy atom. The van der Waals surface area contributed by atoms with Crippen molar-refractivity contribution in [2.45, 2.75) is 288 Å². The number of halogens is 2. The molecule has 0 N–H and O–H groups in total. The largest absolute Gasteiger partial charge is 0.660 e. The Hall–Kier alpha value is -0.782. The Morgan fingerprint density at radius 2 is 0.559 bits per heavy atom. The number of allylic oxidation sites excluding steroid dienone is 12. The van der Waals surface area contributed by atoms with Crippen molar-refractivity contribution in [2.75, 3.05) is 52.4 Å². The maximum atomic E-state index is 5.56. The molecule has 0 amide bonds. The van der Waals surface area contributed by atoms with E-state index >= 15 is 0 Å². The van der Waals surface area contributed by atoms with Gasteiger partial charge >= 0.3 is 0 Å². The summed E-state index contributed by atoms with van der Waals surface area (Å²) in [6, 6.07) is 21.3. The molecule has 0 spiro atoms. The molecule has 8 aliphatic carbocycles. The second-order valence-corrected chi connectivity index (χ2v) is 60.0. The van der Waals surface area contributed by atoms with E-state index in [2.05, 4.69) is 300 Å². The zero-order chi connectivity index (χ0) is 86.9. The summed E-state index contributed by atoms with van der Waals surface area (Å²) in [5.74, 6) is 5.83. The van der Waals surface area contributed by atoms with Crippen LogP contribution < -0.4 is 0 Å². The van der Waals surface area contributed by atoms with Gasteiger partial charge < -0.3 is 49.6 Å². The van der Waals surface area contributed by atoms with E-state index in [1.54, 1.807) is 42.9 Å². The Kier molecular flexibility index (Phi) is 55.1. The van der Waals surface area contributed by atoms with Crippen LogP contribution in [0.5, 0.6) is 0 Å². The number of aryl methyl sites for hydroxylation is 1. The maximum Gasteiger partial charge on any atom is 0.0327 e. The summed E-state index contributed by atoms with van der Waals surface area (Å²) in [6.07, 6.45) is 59.8. The molecule has 16 atom stereocenters. The fourth-order valence-electron chi connectivity index (χ4n) is 22.6. The first-order valence-corrected chi connectivity index (χ1v) is 58.4. The van der Waals surface area contributed by atoms with Crippen molar-refractivity contribution < 1.29 is 122 Å². The zero-order valence-corrected chi connectivity index (χ0v) is 97.4. The molecule has 4 saturated carbocycles. The molecule has 127 heavy (non-hydrogen) atoms. The van der Waals surface area contributed by atoms with Gasteiger partial charge in [-0.3, -0.25) is 39.5 Å². The molecule has 16 unspecified atom stereocenters. The second-order valence-electron chi connectivity index (χ2n) is 42.1. The van der Waals surface area contributed by atoms with Crippen LogP contribution in [0.3, 0.4) is 0 Å². The van der Waals surface area contributed by atoms with Gasteiger partial charge in [-0.05, 0) is 206 Å². The molecule has 3 radical (unpaired) electrons. The van der Waals surface area contributed by atoms with Crippen molar-refractivity contribution in [1.29, 1.82) is 0 Å². The fourth-order valence-corrected chi connectivity index (χ4v) is 38.9. The Labute approximate surface area is 887 Å². The van der Waals surface area contributed by atoms with Crippen LogP contribution >= 0.6 is 23.2 Å². The van der Waals surface area contributed by atoms with E-state index in [4.69, 9.17) is 43.1 Å². The van der Waals surface area contributed by atoms with Gasteiger partial charge in [-0.2, -0.15) is 24.3 Å². The van der Waals surface area contributed by atoms with Crippen LogP contribution in [0, 0.1) is 149 Å². The predicted octanol–water partition coefficient (Wildman–Crippen LogP) is 28.3. The van der Waals surface area contributed by atoms with Crippen LogP contribution in [0.1, 0.15) is 189 Å². The molecule has 12 nitrogen and oxygen atoms in total. The minimum atomic E-state index is -1.59. The molecule has 4 aromatic heterocycles. The first kappa shape index (κ1) is 124. The van der Waals surface area contributed by atoms with Crippen molar-refractivity contribution in [3.05, 3.63) is 292 Å². The molecular formula is C105H168Cl2ErN12Sc2Si4Y-12. The van der Waals surface area contributed by atoms with Gasteiger partial charge in [0, 0.05) is 170 Å². The molecule has 4 saturated heterocycles. The molecule has 16 rings (SSSR count). The van der Waals surface area contributed by atoms with E-state index < -0.39 is 32.9 Å². The molecule has 711 valence electrons. The third-order valence-electron chi connectivity index (χ3n) is 26.3. The molecule has 8 fully saturated rings. The van der Waals surface area contributed by atoms with Gasteiger partial charge in [0.25, 0.3) is 0 Å². The van der Waals surface area contributed by atoms with Gasteiger partial charge in [0.15, 0.2) is 0 Å². The minimum Gasteiger partial charge on any atom is -0.660 e. The summed E-state index contributed by atoms with van der Waals surface area (Å²) in [5, 5.41) is 1.37. The van der Waals surface area contributed by atoms with Crippen molar-refractivity contribution in [3.63, 3.8) is 0 Å². The molecule has 0 aromatic carbocycles. The molecule has 4 aromatic rings. The summed E-state index contributed by atoms with van der Waals surface area (Å²) in [4.78, 5) is 48.1. The Bertz CT molecular complexity index is 3540. The molecule has 12 aliphatic rings. The Morgan fingerprint density at radius 1 is 0.331 bits per heavy atom. The standard InChI is InChI=1S/4C19H33N2Si.C7H8N.2C6H5ClN.C6H6N.4CH3.Er.2Sc.Y/c4*1-19(2,3)20-22(4,5)18-14-17(21-12-8-9-13-21)15-10-6-7-11-16(15)18;1-6-4-3-5-7(2)8-6;2*1-5-4-6(7)2-3-8-5;1-6-4-2-3-5-7-6;;;;;;;;/h4*6-7,10-11,15-18H,8-9,12-14H2,1-5H3;3-5H,1H2,2H3;2*2-4H,1H2;2-5H,1H2;4*1H3;;;;/q12*-1;;;;. The van der Waals surface area contributed by atoms with Gasteiger partial charge in [0.1, 0.15) is 0 Å². The molecule has 22 heteroatoms. The van der Waals surface area contributed by atoms with Crippen LogP contribution in [-0.2, 0) is 84.4 Å². The molecule has 4 aliphatic heterocycles. The topological polar surface area (TPSA) is 121 Å². The first-order chi connectivity index (χ1) is 55.9. The summed E-state index contributed by atoms with van der Waals surface area (Å²) >= 11 is 11.1. The van der Waals surface area contributed by atoms with Gasteiger partial charge in [0.05, 0.1) is 0 Å². The average Bonchev–Trinajstić information content (AvgIpc) is 1.63. The van der Waals surface area contributed by atoms with Crippen LogP contribution in [0.25, 0.3) is 19.9 Å². The number of pyridine rings is 4. The normalized spacial score (nSPS) is 27.2. The van der Waals surface area contributed by atoms with Crippen molar-refractivity contribution >= 4 is 56.1 Å². The maximum absolute atomic E-state index is 5.56. The van der Waals surface area contributed by atoms with Crippen molar-refractivity contribution in [3.8, 4) is 0 Å². The number of likely N-dealkylation sites (tertiary alicyclic amines) is 4. The van der Waals surface area contributed by atoms with Gasteiger partial charge in [-0.15, -0.1) is 80.3 Å². The third-order valence-corrected chi connectivity index (χ3v) is 41.5. The summed E-state index contributed by atoms with van der Waals surface area (Å²) in [6.45, 7) is 74.1. The number of hydrogen-bond acceptors (Lipinski definition) is 8. The number of nitrogens with zero attached hydrogens (tertiary/aromatic N) is 12. The fraction of sp³-hybridized carbons (Fsp3) is 0.581. The van der Waals surface area contributed by atoms with Gasteiger partial charge in [-0.1, -0.05) is 300 Å². The predicted molar refractivity (Wildman–Crippen MR) is 550 cm³/mol. The SMILES string of the molecule is CC(C)(C)[N-][Si](C)(C)C1CC(N2CCCC2)C2C=CC=CC21.CC(C)(C)[N-][Si](C)(C)C1CC(N2CCCC2)C2C=CC=CC21.CC(C)(C)[N-][Si](C)(C)C1CC(N2CCCC2)C2C=CC=CC21.CC(C)(C)[N-][Si](C)(C)C1CC(N2CCCC2)C2C=CC=CC21.[CH2-]c1cc(Cl)ccn1.[CH2-]c1cc(Cl)ccn1.[CH2-]c1cccc(C)n1.[CH2-]c1ccccn1.[CH3-].[CH3-].[CH3-].[CH3-].[Er].[Sc].[Sc].[Y]. The number of aromatic nitrogens is 4. The average molecular weight is 2130 g/mol. The van der Waals surface area contributed by atoms with Crippen LogP contribution in [0.2, 0.25) is 84.6 Å². The molecular weight excluding hydrogens is 1960 g/mol. The van der Waals surface area contributed by atoms with E-state index in [1.165, 1.54) is 129 Å². The van der Waals surface area contributed by atoms with E-state index in [1.807, 2.05) is 43.3 Å². The van der Waals surface area contributed by atoms with Gasteiger partial charge in [-0.25, -0.2) is 27.7 Å². The monoisotopic (exact) mass is 2120 g/mol. The second kappa shape index (κ2) is 56.3.